The molecule has 0 unspecified atom stereocenters. The van der Waals surface area contributed by atoms with Crippen molar-refractivity contribution in [1.82, 2.24) is 35.4 Å². The van der Waals surface area contributed by atoms with Crippen molar-refractivity contribution in [2.45, 2.75) is 33.2 Å². The Morgan fingerprint density at radius 1 is 0.886 bits per heavy atom. The summed E-state index contributed by atoms with van der Waals surface area (Å²) in [5, 5.41) is 19.4. The van der Waals surface area contributed by atoms with Crippen LogP contribution in [0.2, 0.25) is 0 Å². The molecule has 5 rings (SSSR count). The average Bonchev–Trinajstić information content (AvgIpc) is 3.54. The number of nitrogen functional groups attached to an aromatic ring is 1. The van der Waals surface area contributed by atoms with Crippen LogP contribution in [0.5, 0.6) is 0 Å². The van der Waals surface area contributed by atoms with Gasteiger partial charge < -0.3 is 5.73 Å². The number of nitrogens with one attached hydrogen (secondary N) is 1. The van der Waals surface area contributed by atoms with Crippen LogP contribution in [-0.4, -0.2) is 35.4 Å². The van der Waals surface area contributed by atoms with Gasteiger partial charge in [-0.2, -0.15) is 10.3 Å². The standard InChI is InChI=1S/C27H28N8/c1-18(2)7-16-25-29-27(21-12-14-22(28)15-13-21)35(32-25)17-19-8-10-20(11-9-19)23-5-3-4-6-24(23)26-30-33-34-31-26/h3-6,8-15,18H,7,16-17,28H2,1-2H3,(H,30,31,33,34). The molecule has 35 heavy (non-hydrogen) atoms. The highest BCUT2D eigenvalue weighted by molar-refractivity contribution is 5.80. The molecule has 3 N–H and O–H groups in total. The van der Waals surface area contributed by atoms with Crippen molar-refractivity contribution in [1.29, 1.82) is 0 Å². The summed E-state index contributed by atoms with van der Waals surface area (Å²) in [6.45, 7) is 5.06. The van der Waals surface area contributed by atoms with Crippen molar-refractivity contribution >= 4 is 5.69 Å². The topological polar surface area (TPSA) is 111 Å². The highest BCUT2D eigenvalue weighted by atomic mass is 15.5. The van der Waals surface area contributed by atoms with Gasteiger partial charge in [0, 0.05) is 23.2 Å². The zero-order valence-electron chi connectivity index (χ0n) is 19.9. The third-order valence-electron chi connectivity index (χ3n) is 5.94. The van der Waals surface area contributed by atoms with E-state index in [1.54, 1.807) is 0 Å². The third-order valence-corrected chi connectivity index (χ3v) is 5.94. The molecule has 0 saturated carbocycles. The molecule has 8 heteroatoms. The number of H-pyrrole nitrogens is 1. The van der Waals surface area contributed by atoms with E-state index in [4.69, 9.17) is 15.8 Å². The van der Waals surface area contributed by atoms with E-state index in [0.717, 1.165) is 58.0 Å². The highest BCUT2D eigenvalue weighted by Crippen LogP contribution is 2.30. The second-order valence-electron chi connectivity index (χ2n) is 9.04. The number of nitrogens with two attached hydrogens (primary N) is 1. The maximum absolute atomic E-state index is 5.90. The van der Waals surface area contributed by atoms with Gasteiger partial charge in [0.1, 0.15) is 0 Å². The number of anilines is 1. The van der Waals surface area contributed by atoms with E-state index in [1.165, 1.54) is 0 Å². The summed E-state index contributed by atoms with van der Waals surface area (Å²) >= 11 is 0. The van der Waals surface area contributed by atoms with Crippen molar-refractivity contribution in [3.63, 3.8) is 0 Å². The molecule has 8 nitrogen and oxygen atoms in total. The van der Waals surface area contributed by atoms with E-state index in [9.17, 15) is 0 Å². The highest BCUT2D eigenvalue weighted by Gasteiger charge is 2.14. The van der Waals surface area contributed by atoms with E-state index >= 15 is 0 Å². The molecule has 2 heterocycles. The van der Waals surface area contributed by atoms with E-state index < -0.39 is 0 Å². The molecule has 0 fully saturated rings. The molecule has 0 radical (unpaired) electrons. The summed E-state index contributed by atoms with van der Waals surface area (Å²) in [5.74, 6) is 2.91. The Morgan fingerprint density at radius 3 is 2.29 bits per heavy atom. The fourth-order valence-corrected chi connectivity index (χ4v) is 4.04. The maximum Gasteiger partial charge on any atom is 0.205 e. The van der Waals surface area contributed by atoms with Gasteiger partial charge in [0.2, 0.25) is 5.82 Å². The van der Waals surface area contributed by atoms with Crippen molar-refractivity contribution in [2.75, 3.05) is 5.73 Å². The van der Waals surface area contributed by atoms with Crippen LogP contribution < -0.4 is 5.73 Å². The lowest BCUT2D eigenvalue weighted by molar-refractivity contribution is 0.569. The quantitative estimate of drug-likeness (QED) is 0.312. The molecule has 0 aliphatic rings. The maximum atomic E-state index is 5.90. The number of nitrogens with zero attached hydrogens (tertiary/aromatic N) is 6. The molecule has 0 bridgehead atoms. The molecule has 0 saturated heterocycles. The predicted molar refractivity (Wildman–Crippen MR) is 137 cm³/mol. The van der Waals surface area contributed by atoms with Gasteiger partial charge in [-0.3, -0.25) is 0 Å². The minimum Gasteiger partial charge on any atom is -0.399 e. The van der Waals surface area contributed by atoms with Gasteiger partial charge in [0.05, 0.1) is 6.54 Å². The number of hydrogen-bond acceptors (Lipinski definition) is 6. The first kappa shape index (κ1) is 22.5. The fraction of sp³-hybridized carbons (Fsp3) is 0.222. The monoisotopic (exact) mass is 464 g/mol. The Hall–Kier alpha value is -4.33. The van der Waals surface area contributed by atoms with Gasteiger partial charge >= 0.3 is 0 Å². The lowest BCUT2D eigenvalue weighted by Gasteiger charge is -2.09. The van der Waals surface area contributed by atoms with Crippen LogP contribution >= 0.6 is 0 Å². The number of benzene rings is 3. The van der Waals surface area contributed by atoms with Crippen LogP contribution in [0.15, 0.2) is 72.8 Å². The molecule has 0 aliphatic heterocycles. The van der Waals surface area contributed by atoms with Gasteiger partial charge in [-0.25, -0.2) is 9.67 Å². The Bertz CT molecular complexity index is 1380. The molecular formula is C27H28N8. The van der Waals surface area contributed by atoms with Crippen LogP contribution in [-0.2, 0) is 13.0 Å². The Labute approximate surface area is 204 Å². The zero-order valence-corrected chi connectivity index (χ0v) is 19.9. The number of hydrogen-bond donors (Lipinski definition) is 2. The molecule has 2 aromatic heterocycles. The molecule has 0 spiro atoms. The first-order valence-electron chi connectivity index (χ1n) is 11.8. The first-order chi connectivity index (χ1) is 17.1. The van der Waals surface area contributed by atoms with Gasteiger partial charge in [-0.05, 0) is 58.5 Å². The van der Waals surface area contributed by atoms with E-state index in [2.05, 4.69) is 64.8 Å². The minimum atomic E-state index is 0.578. The summed E-state index contributed by atoms with van der Waals surface area (Å²) in [6.07, 6.45) is 1.91. The number of aromatic amines is 1. The van der Waals surface area contributed by atoms with Crippen molar-refractivity contribution in [3.8, 4) is 33.9 Å². The average molecular weight is 465 g/mol. The number of aryl methyl sites for hydroxylation is 1. The molecule has 0 atom stereocenters. The second-order valence-corrected chi connectivity index (χ2v) is 9.04. The lowest BCUT2D eigenvalue weighted by atomic mass is 9.98. The normalized spacial score (nSPS) is 11.3. The fourth-order valence-electron chi connectivity index (χ4n) is 4.04. The SMILES string of the molecule is CC(C)CCc1nc(-c2ccc(N)cc2)n(Cc2ccc(-c3ccccc3-c3nn[nH]n3)cc2)n1. The number of rotatable bonds is 8. The van der Waals surface area contributed by atoms with Gasteiger partial charge in [0.15, 0.2) is 11.6 Å². The Morgan fingerprint density at radius 2 is 1.60 bits per heavy atom. The van der Waals surface area contributed by atoms with Crippen LogP contribution in [0.4, 0.5) is 5.69 Å². The Kier molecular flexibility index (Phi) is 6.34. The van der Waals surface area contributed by atoms with Gasteiger partial charge in [-0.15, -0.1) is 10.2 Å². The van der Waals surface area contributed by atoms with Crippen LogP contribution in [0.1, 0.15) is 31.7 Å². The van der Waals surface area contributed by atoms with Crippen molar-refractivity contribution < 1.29 is 0 Å². The second kappa shape index (κ2) is 9.89. The zero-order chi connectivity index (χ0) is 24.2. The Balaban J connectivity index is 1.43. The summed E-state index contributed by atoms with van der Waals surface area (Å²) in [4.78, 5) is 4.87. The lowest BCUT2D eigenvalue weighted by Crippen LogP contribution is -2.05. The van der Waals surface area contributed by atoms with Crippen molar-refractivity contribution in [3.05, 3.63) is 84.2 Å². The summed E-state index contributed by atoms with van der Waals surface area (Å²) < 4.78 is 1.99. The molecule has 0 amide bonds. The third kappa shape index (κ3) is 5.11. The van der Waals surface area contributed by atoms with E-state index in [1.807, 2.05) is 47.1 Å². The molecule has 5 aromatic rings. The molecule has 3 aromatic carbocycles. The van der Waals surface area contributed by atoms with Crippen LogP contribution in [0.3, 0.4) is 0 Å². The summed E-state index contributed by atoms with van der Waals surface area (Å²) in [7, 11) is 0. The molecule has 0 aliphatic carbocycles. The first-order valence-corrected chi connectivity index (χ1v) is 11.8. The minimum absolute atomic E-state index is 0.578. The van der Waals surface area contributed by atoms with E-state index in [-0.39, 0.29) is 0 Å². The van der Waals surface area contributed by atoms with Gasteiger partial charge in [0.25, 0.3) is 0 Å². The predicted octanol–water partition coefficient (Wildman–Crippen LogP) is 5.01. The summed E-state index contributed by atoms with van der Waals surface area (Å²) in [5.41, 5.74) is 11.9. The van der Waals surface area contributed by atoms with E-state index in [0.29, 0.717) is 18.3 Å². The van der Waals surface area contributed by atoms with Crippen LogP contribution in [0, 0.1) is 5.92 Å². The van der Waals surface area contributed by atoms with Crippen LogP contribution in [0.25, 0.3) is 33.9 Å². The molecular weight excluding hydrogens is 436 g/mol. The summed E-state index contributed by atoms with van der Waals surface area (Å²) in [6, 6.07) is 24.4. The smallest absolute Gasteiger partial charge is 0.205 e. The molecule has 176 valence electrons. The van der Waals surface area contributed by atoms with Gasteiger partial charge in [-0.1, -0.05) is 62.4 Å². The van der Waals surface area contributed by atoms with Crippen molar-refractivity contribution in [2.24, 2.45) is 5.92 Å². The number of aromatic nitrogens is 7. The largest absolute Gasteiger partial charge is 0.399 e. The number of tetrazole rings is 1.